The Morgan fingerprint density at radius 1 is 0.857 bits per heavy atom. The van der Waals surface area contributed by atoms with Crippen LogP contribution in [0.25, 0.3) is 0 Å². The molecule has 0 aromatic heterocycles. The molecule has 0 spiro atoms. The van der Waals surface area contributed by atoms with Crippen molar-refractivity contribution in [2.45, 2.75) is 17.5 Å². The van der Waals surface area contributed by atoms with Crippen LogP contribution in [0.5, 0.6) is 0 Å². The molecule has 2 aliphatic heterocycles. The van der Waals surface area contributed by atoms with Crippen molar-refractivity contribution < 1.29 is 23.9 Å². The molecule has 0 bridgehead atoms. The SMILES string of the molecule is COC(=O)C1CSC(C(=O)OC)N1C(=O)CN1CCN(C(c2ccccc2)c2ccccc2)CC1. The number of hydrogen-bond donors (Lipinski definition) is 0. The Labute approximate surface area is 210 Å². The third-order valence-corrected chi connectivity index (χ3v) is 7.77. The average molecular weight is 498 g/mol. The van der Waals surface area contributed by atoms with E-state index in [1.807, 2.05) is 12.1 Å². The zero-order chi connectivity index (χ0) is 24.8. The van der Waals surface area contributed by atoms with Crippen molar-refractivity contribution in [3.63, 3.8) is 0 Å². The number of carbonyl (C=O) groups is 3. The lowest BCUT2D eigenvalue weighted by molar-refractivity contribution is -0.157. The van der Waals surface area contributed by atoms with Gasteiger partial charge < -0.3 is 14.4 Å². The van der Waals surface area contributed by atoms with Crippen molar-refractivity contribution in [1.82, 2.24) is 14.7 Å². The van der Waals surface area contributed by atoms with Crippen LogP contribution in [-0.2, 0) is 23.9 Å². The molecule has 9 heteroatoms. The third-order valence-electron chi connectivity index (χ3n) is 6.53. The fourth-order valence-corrected chi connectivity index (χ4v) is 6.07. The number of hydrogen-bond acceptors (Lipinski definition) is 8. The van der Waals surface area contributed by atoms with Gasteiger partial charge in [0.15, 0.2) is 5.37 Å². The van der Waals surface area contributed by atoms with Crippen molar-refractivity contribution in [3.05, 3.63) is 71.8 Å². The monoisotopic (exact) mass is 497 g/mol. The first kappa shape index (κ1) is 25.2. The standard InChI is InChI=1S/C26H31N3O5S/c1-33-25(31)21-18-35-24(26(32)34-2)29(21)22(30)17-27-13-15-28(16-14-27)23(19-9-5-3-6-10-19)20-11-7-4-8-12-20/h3-12,21,23-24H,13-18H2,1-2H3. The summed E-state index contributed by atoms with van der Waals surface area (Å²) in [5.74, 6) is -1.01. The molecular formula is C26H31N3O5S. The fraction of sp³-hybridized carbons (Fsp3) is 0.423. The van der Waals surface area contributed by atoms with Gasteiger partial charge in [-0.15, -0.1) is 11.8 Å². The molecule has 2 heterocycles. The van der Waals surface area contributed by atoms with Gasteiger partial charge in [-0.2, -0.15) is 0 Å². The van der Waals surface area contributed by atoms with Crippen LogP contribution in [0.4, 0.5) is 0 Å². The number of nitrogens with zero attached hydrogens (tertiary/aromatic N) is 3. The summed E-state index contributed by atoms with van der Waals surface area (Å²) in [6.45, 7) is 3.12. The molecule has 0 saturated carbocycles. The normalized spacial score (nSPS) is 21.2. The number of piperazine rings is 1. The van der Waals surface area contributed by atoms with Crippen LogP contribution in [-0.4, -0.2) is 96.7 Å². The average Bonchev–Trinajstić information content (AvgIpc) is 3.36. The van der Waals surface area contributed by atoms with Gasteiger partial charge in [0, 0.05) is 31.9 Å². The highest BCUT2D eigenvalue weighted by molar-refractivity contribution is 8.00. The van der Waals surface area contributed by atoms with Gasteiger partial charge in [-0.1, -0.05) is 60.7 Å². The van der Waals surface area contributed by atoms with E-state index in [1.54, 1.807) is 0 Å². The molecule has 2 saturated heterocycles. The van der Waals surface area contributed by atoms with Gasteiger partial charge in [0.25, 0.3) is 0 Å². The lowest BCUT2D eigenvalue weighted by Crippen LogP contribution is -2.55. The highest BCUT2D eigenvalue weighted by atomic mass is 32.2. The molecule has 2 aromatic rings. The van der Waals surface area contributed by atoms with Crippen molar-refractivity contribution >= 4 is 29.6 Å². The van der Waals surface area contributed by atoms with E-state index in [-0.39, 0.29) is 18.5 Å². The van der Waals surface area contributed by atoms with Crippen molar-refractivity contribution in [3.8, 4) is 0 Å². The summed E-state index contributed by atoms with van der Waals surface area (Å²) in [6, 6.07) is 20.2. The second kappa shape index (κ2) is 11.7. The number of methoxy groups -OCH3 is 2. The molecule has 2 aromatic carbocycles. The maximum atomic E-state index is 13.3. The molecular weight excluding hydrogens is 466 g/mol. The first-order chi connectivity index (χ1) is 17.0. The van der Waals surface area contributed by atoms with E-state index in [4.69, 9.17) is 9.47 Å². The minimum Gasteiger partial charge on any atom is -0.467 e. The summed E-state index contributed by atoms with van der Waals surface area (Å²) in [5, 5.41) is -0.835. The molecule has 1 amide bonds. The van der Waals surface area contributed by atoms with Crippen LogP contribution in [0.2, 0.25) is 0 Å². The number of esters is 2. The largest absolute Gasteiger partial charge is 0.467 e. The van der Waals surface area contributed by atoms with E-state index in [0.717, 1.165) is 13.1 Å². The van der Waals surface area contributed by atoms with Gasteiger partial charge in [-0.3, -0.25) is 14.6 Å². The fourth-order valence-electron chi connectivity index (χ4n) is 4.75. The smallest absolute Gasteiger partial charge is 0.339 e. The predicted molar refractivity (Wildman–Crippen MR) is 134 cm³/mol. The first-order valence-corrected chi connectivity index (χ1v) is 12.7. The van der Waals surface area contributed by atoms with E-state index in [9.17, 15) is 14.4 Å². The summed E-state index contributed by atoms with van der Waals surface area (Å²) >= 11 is 1.23. The zero-order valence-corrected chi connectivity index (χ0v) is 20.9. The predicted octanol–water partition coefficient (Wildman–Crippen LogP) is 2.01. The number of ether oxygens (including phenoxy) is 2. The number of thioether (sulfide) groups is 1. The summed E-state index contributed by atoms with van der Waals surface area (Å²) in [5.41, 5.74) is 2.47. The molecule has 0 aliphatic carbocycles. The van der Waals surface area contributed by atoms with Crippen LogP contribution in [0, 0.1) is 0 Å². The summed E-state index contributed by atoms with van der Waals surface area (Å²) in [7, 11) is 2.57. The quantitative estimate of drug-likeness (QED) is 0.538. The number of carbonyl (C=O) groups excluding carboxylic acids is 3. The van der Waals surface area contributed by atoms with Crippen LogP contribution in [0.3, 0.4) is 0 Å². The highest BCUT2D eigenvalue weighted by Gasteiger charge is 2.46. The van der Waals surface area contributed by atoms with Crippen molar-refractivity contribution in [2.24, 2.45) is 0 Å². The number of amides is 1. The topological polar surface area (TPSA) is 79.4 Å². The molecule has 8 nitrogen and oxygen atoms in total. The summed E-state index contributed by atoms with van der Waals surface area (Å²) in [6.07, 6.45) is 0. The molecule has 2 fully saturated rings. The van der Waals surface area contributed by atoms with Crippen LogP contribution in [0.15, 0.2) is 60.7 Å². The molecule has 2 unspecified atom stereocenters. The molecule has 186 valence electrons. The minimum absolute atomic E-state index is 0.136. The maximum absolute atomic E-state index is 13.3. The summed E-state index contributed by atoms with van der Waals surface area (Å²) < 4.78 is 9.74. The van der Waals surface area contributed by atoms with E-state index < -0.39 is 23.4 Å². The maximum Gasteiger partial charge on any atom is 0.339 e. The Bertz CT molecular complexity index is 951. The molecule has 0 N–H and O–H groups in total. The van der Waals surface area contributed by atoms with E-state index >= 15 is 0 Å². The zero-order valence-electron chi connectivity index (χ0n) is 20.0. The molecule has 35 heavy (non-hydrogen) atoms. The lowest BCUT2D eigenvalue weighted by atomic mass is 9.96. The lowest BCUT2D eigenvalue weighted by Gasteiger charge is -2.40. The van der Waals surface area contributed by atoms with E-state index in [0.29, 0.717) is 18.8 Å². The van der Waals surface area contributed by atoms with Gasteiger partial charge in [0.05, 0.1) is 26.8 Å². The van der Waals surface area contributed by atoms with Gasteiger partial charge in [0.2, 0.25) is 5.91 Å². The molecule has 4 rings (SSSR count). The third kappa shape index (κ3) is 5.69. The van der Waals surface area contributed by atoms with E-state index in [2.05, 4.69) is 58.3 Å². The summed E-state index contributed by atoms with van der Waals surface area (Å²) in [4.78, 5) is 43.7. The molecule has 2 aliphatic rings. The molecule has 2 atom stereocenters. The van der Waals surface area contributed by atoms with Gasteiger partial charge in [-0.05, 0) is 11.1 Å². The Kier molecular flexibility index (Phi) is 8.43. The minimum atomic E-state index is -0.835. The Morgan fingerprint density at radius 2 is 1.40 bits per heavy atom. The first-order valence-electron chi connectivity index (χ1n) is 11.7. The van der Waals surface area contributed by atoms with Crippen LogP contribution < -0.4 is 0 Å². The number of benzene rings is 2. The second-order valence-corrected chi connectivity index (χ2v) is 9.70. The van der Waals surface area contributed by atoms with Gasteiger partial charge in [-0.25, -0.2) is 9.59 Å². The van der Waals surface area contributed by atoms with Gasteiger partial charge >= 0.3 is 11.9 Å². The van der Waals surface area contributed by atoms with Gasteiger partial charge in [0.1, 0.15) is 6.04 Å². The van der Waals surface area contributed by atoms with Crippen molar-refractivity contribution in [1.29, 1.82) is 0 Å². The number of rotatable bonds is 7. The Hall–Kier alpha value is -2.88. The van der Waals surface area contributed by atoms with Crippen LogP contribution >= 0.6 is 11.8 Å². The highest BCUT2D eigenvalue weighted by Crippen LogP contribution is 2.32. The Balaban J connectivity index is 1.43. The van der Waals surface area contributed by atoms with E-state index in [1.165, 1.54) is 42.0 Å². The Morgan fingerprint density at radius 3 is 1.91 bits per heavy atom. The van der Waals surface area contributed by atoms with Crippen molar-refractivity contribution in [2.75, 3.05) is 52.7 Å². The molecule has 0 radical (unpaired) electrons. The van der Waals surface area contributed by atoms with Crippen LogP contribution in [0.1, 0.15) is 17.2 Å². The second-order valence-electron chi connectivity index (χ2n) is 8.58.